The lowest BCUT2D eigenvalue weighted by Gasteiger charge is -2.06. The van der Waals surface area contributed by atoms with Crippen LogP contribution in [-0.4, -0.2) is 5.91 Å². The maximum absolute atomic E-state index is 12.8. The van der Waals surface area contributed by atoms with Gasteiger partial charge >= 0.3 is 0 Å². The fourth-order valence-corrected chi connectivity index (χ4v) is 3.15. The zero-order valence-corrected chi connectivity index (χ0v) is 14.7. The average molecular weight is 362 g/mol. The van der Waals surface area contributed by atoms with E-state index in [9.17, 15) is 4.79 Å². The molecule has 1 amide bonds. The van der Waals surface area contributed by atoms with Crippen molar-refractivity contribution in [1.82, 2.24) is 5.32 Å². The molecule has 0 bridgehead atoms. The Kier molecular flexibility index (Phi) is 4.46. The third-order valence-corrected chi connectivity index (χ3v) is 4.45. The highest BCUT2D eigenvalue weighted by molar-refractivity contribution is 6.31. The molecular weight excluding hydrogens is 346 g/mol. The molecule has 3 nitrogen and oxygen atoms in total. The van der Waals surface area contributed by atoms with Crippen molar-refractivity contribution >= 4 is 28.5 Å². The van der Waals surface area contributed by atoms with Crippen LogP contribution in [0, 0.1) is 0 Å². The van der Waals surface area contributed by atoms with Crippen molar-refractivity contribution in [3.8, 4) is 11.1 Å². The van der Waals surface area contributed by atoms with Gasteiger partial charge in [-0.25, -0.2) is 0 Å². The molecule has 1 N–H and O–H groups in total. The number of hydrogen-bond acceptors (Lipinski definition) is 2. The van der Waals surface area contributed by atoms with Crippen molar-refractivity contribution in [1.29, 1.82) is 0 Å². The molecule has 4 heteroatoms. The Morgan fingerprint density at radius 2 is 1.62 bits per heavy atom. The summed E-state index contributed by atoms with van der Waals surface area (Å²) in [7, 11) is 0. The van der Waals surface area contributed by atoms with Crippen LogP contribution in [0.2, 0.25) is 5.02 Å². The second-order valence-corrected chi connectivity index (χ2v) is 6.42. The Labute approximate surface area is 156 Å². The smallest absolute Gasteiger partial charge is 0.287 e. The molecule has 4 aromatic rings. The van der Waals surface area contributed by atoms with E-state index in [1.165, 1.54) is 0 Å². The second kappa shape index (κ2) is 7.06. The minimum Gasteiger partial charge on any atom is -0.450 e. The van der Waals surface area contributed by atoms with Gasteiger partial charge in [0.25, 0.3) is 5.91 Å². The summed E-state index contributed by atoms with van der Waals surface area (Å²) in [5.74, 6) is 0.0458. The quantitative estimate of drug-likeness (QED) is 0.508. The van der Waals surface area contributed by atoms with Crippen molar-refractivity contribution < 1.29 is 9.21 Å². The first kappa shape index (κ1) is 16.4. The predicted molar refractivity (Wildman–Crippen MR) is 104 cm³/mol. The van der Waals surface area contributed by atoms with Crippen molar-refractivity contribution in [3.63, 3.8) is 0 Å². The van der Waals surface area contributed by atoms with Gasteiger partial charge in [-0.15, -0.1) is 0 Å². The van der Waals surface area contributed by atoms with Crippen LogP contribution in [-0.2, 0) is 6.54 Å². The lowest BCUT2D eigenvalue weighted by atomic mass is 10.0. The third-order valence-electron chi connectivity index (χ3n) is 4.21. The van der Waals surface area contributed by atoms with Gasteiger partial charge in [-0.2, -0.15) is 0 Å². The van der Waals surface area contributed by atoms with Crippen molar-refractivity contribution in [2.24, 2.45) is 0 Å². The van der Waals surface area contributed by atoms with Gasteiger partial charge in [-0.05, 0) is 29.3 Å². The Hall–Kier alpha value is -3.04. The molecule has 0 radical (unpaired) electrons. The molecule has 3 aromatic carbocycles. The van der Waals surface area contributed by atoms with Crippen LogP contribution in [0.1, 0.15) is 16.1 Å². The zero-order chi connectivity index (χ0) is 17.9. The summed E-state index contributed by atoms with van der Waals surface area (Å²) < 4.78 is 5.89. The number of carbonyl (C=O) groups is 1. The highest BCUT2D eigenvalue weighted by atomic mass is 35.5. The van der Waals surface area contributed by atoms with E-state index < -0.39 is 0 Å². The molecule has 0 fully saturated rings. The van der Waals surface area contributed by atoms with Crippen LogP contribution < -0.4 is 5.32 Å². The molecule has 0 saturated carbocycles. The molecule has 0 saturated heterocycles. The van der Waals surface area contributed by atoms with E-state index in [1.807, 2.05) is 66.7 Å². The number of halogens is 1. The summed E-state index contributed by atoms with van der Waals surface area (Å²) in [5, 5.41) is 4.37. The average Bonchev–Trinajstić information content (AvgIpc) is 3.06. The van der Waals surface area contributed by atoms with Crippen LogP contribution in [0.4, 0.5) is 0 Å². The highest BCUT2D eigenvalue weighted by Gasteiger charge is 2.21. The van der Waals surface area contributed by atoms with E-state index in [0.717, 1.165) is 22.1 Å². The number of rotatable bonds is 4. The number of fused-ring (bicyclic) bond motifs is 1. The van der Waals surface area contributed by atoms with Gasteiger partial charge in [0.1, 0.15) is 5.58 Å². The van der Waals surface area contributed by atoms with Crippen LogP contribution >= 0.6 is 11.6 Å². The van der Waals surface area contributed by atoms with E-state index in [-0.39, 0.29) is 5.91 Å². The van der Waals surface area contributed by atoms with E-state index in [2.05, 4.69) is 5.32 Å². The number of carbonyl (C=O) groups excluding carboxylic acids is 1. The largest absolute Gasteiger partial charge is 0.450 e. The number of hydrogen-bond donors (Lipinski definition) is 1. The van der Waals surface area contributed by atoms with Gasteiger partial charge in [-0.3, -0.25) is 4.79 Å². The van der Waals surface area contributed by atoms with Crippen molar-refractivity contribution in [2.75, 3.05) is 0 Å². The van der Waals surface area contributed by atoms with Gasteiger partial charge < -0.3 is 9.73 Å². The van der Waals surface area contributed by atoms with Gasteiger partial charge in [0.15, 0.2) is 0 Å². The fraction of sp³-hybridized carbons (Fsp3) is 0.0455. The number of amides is 1. The zero-order valence-electron chi connectivity index (χ0n) is 13.9. The summed E-state index contributed by atoms with van der Waals surface area (Å²) in [4.78, 5) is 12.8. The first-order chi connectivity index (χ1) is 12.7. The molecule has 0 atom stereocenters. The molecule has 0 spiro atoms. The normalized spacial score (nSPS) is 10.8. The van der Waals surface area contributed by atoms with Crippen LogP contribution in [0.5, 0.6) is 0 Å². The summed E-state index contributed by atoms with van der Waals surface area (Å²) >= 11 is 6.17. The lowest BCUT2D eigenvalue weighted by Crippen LogP contribution is -2.22. The summed E-state index contributed by atoms with van der Waals surface area (Å²) in [6.45, 7) is 0.436. The number of nitrogens with one attached hydrogen (secondary N) is 1. The lowest BCUT2D eigenvalue weighted by molar-refractivity contribution is 0.0926. The van der Waals surface area contributed by atoms with E-state index >= 15 is 0 Å². The molecule has 1 aromatic heterocycles. The van der Waals surface area contributed by atoms with Crippen LogP contribution in [0.3, 0.4) is 0 Å². The van der Waals surface area contributed by atoms with E-state index in [0.29, 0.717) is 22.9 Å². The molecule has 1 heterocycles. The monoisotopic (exact) mass is 361 g/mol. The van der Waals surface area contributed by atoms with Crippen molar-refractivity contribution in [3.05, 3.63) is 95.2 Å². The fourth-order valence-electron chi connectivity index (χ4n) is 2.98. The Balaban J connectivity index is 1.75. The van der Waals surface area contributed by atoms with Crippen LogP contribution in [0.25, 0.3) is 22.1 Å². The molecule has 0 aliphatic rings. The molecule has 4 rings (SSSR count). The third kappa shape index (κ3) is 3.22. The summed E-state index contributed by atoms with van der Waals surface area (Å²) in [6.07, 6.45) is 0. The van der Waals surface area contributed by atoms with Crippen molar-refractivity contribution in [2.45, 2.75) is 6.54 Å². The predicted octanol–water partition coefficient (Wildman–Crippen LogP) is 5.68. The van der Waals surface area contributed by atoms with Gasteiger partial charge in [-0.1, -0.05) is 72.3 Å². The molecule has 26 heavy (non-hydrogen) atoms. The second-order valence-electron chi connectivity index (χ2n) is 5.98. The minimum absolute atomic E-state index is 0.250. The molecule has 128 valence electrons. The van der Waals surface area contributed by atoms with Gasteiger partial charge in [0.2, 0.25) is 5.76 Å². The maximum atomic E-state index is 12.8. The first-order valence-corrected chi connectivity index (χ1v) is 8.70. The molecule has 0 unspecified atom stereocenters. The SMILES string of the molecule is O=C(NCc1ccccc1)c1oc2ccc(Cl)cc2c1-c1ccccc1. The topological polar surface area (TPSA) is 42.2 Å². The molecular formula is C22H16ClNO2. The number of furan rings is 1. The number of benzene rings is 3. The van der Waals surface area contributed by atoms with Gasteiger partial charge in [0.05, 0.1) is 0 Å². The minimum atomic E-state index is -0.250. The standard InChI is InChI=1S/C22H16ClNO2/c23-17-11-12-19-18(13-17)20(16-9-5-2-6-10-16)21(26-19)22(25)24-14-15-7-3-1-4-8-15/h1-13H,14H2,(H,24,25). The first-order valence-electron chi connectivity index (χ1n) is 8.32. The van der Waals surface area contributed by atoms with E-state index in [1.54, 1.807) is 12.1 Å². The Morgan fingerprint density at radius 3 is 2.35 bits per heavy atom. The summed E-state index contributed by atoms with van der Waals surface area (Å²) in [5.41, 5.74) is 3.34. The Bertz CT molecular complexity index is 1060. The Morgan fingerprint density at radius 1 is 0.923 bits per heavy atom. The van der Waals surface area contributed by atoms with E-state index in [4.69, 9.17) is 16.0 Å². The van der Waals surface area contributed by atoms with Crippen LogP contribution in [0.15, 0.2) is 83.3 Å². The highest BCUT2D eigenvalue weighted by Crippen LogP contribution is 2.36. The maximum Gasteiger partial charge on any atom is 0.287 e. The molecule has 0 aliphatic heterocycles. The molecule has 0 aliphatic carbocycles. The summed E-state index contributed by atoms with van der Waals surface area (Å²) in [6, 6.07) is 24.9. The van der Waals surface area contributed by atoms with Gasteiger partial charge in [0, 0.05) is 22.5 Å².